The molecule has 3 nitrogen and oxygen atoms in total. The maximum absolute atomic E-state index is 13.6. The van der Waals surface area contributed by atoms with Crippen LogP contribution in [0.3, 0.4) is 0 Å². The van der Waals surface area contributed by atoms with Crippen molar-refractivity contribution in [2.75, 3.05) is 0 Å². The minimum absolute atomic E-state index is 0.0985. The van der Waals surface area contributed by atoms with Crippen LogP contribution in [0.25, 0.3) is 10.9 Å². The minimum atomic E-state index is -0.521. The molecule has 1 aliphatic rings. The Bertz CT molecular complexity index is 634. The largest absolute Gasteiger partial charge is 0.408 e. The lowest BCUT2D eigenvalue weighted by Crippen LogP contribution is -2.05. The topological polar surface area (TPSA) is 43.1 Å². The number of nitrogens with zero attached hydrogens (tertiary/aromatic N) is 1. The molecule has 82 valence electrons. The zero-order valence-corrected chi connectivity index (χ0v) is 9.75. The summed E-state index contributed by atoms with van der Waals surface area (Å²) in [6.45, 7) is 0. The molecule has 1 saturated carbocycles. The molecule has 0 amide bonds. The smallest absolute Gasteiger partial charge is 0.346 e. The first kappa shape index (κ1) is 9.96. The van der Waals surface area contributed by atoms with Gasteiger partial charge in [0.2, 0.25) is 5.89 Å². The van der Waals surface area contributed by atoms with Crippen LogP contribution in [-0.4, -0.2) is 4.98 Å². The van der Waals surface area contributed by atoms with E-state index in [0.29, 0.717) is 10.4 Å². The highest BCUT2D eigenvalue weighted by atomic mass is 79.9. The molecule has 1 aromatic heterocycles. The second kappa shape index (κ2) is 3.38. The van der Waals surface area contributed by atoms with Gasteiger partial charge in [-0.3, -0.25) is 0 Å². The second-order valence-electron chi connectivity index (χ2n) is 3.90. The third-order valence-electron chi connectivity index (χ3n) is 2.59. The quantitative estimate of drug-likeness (QED) is 0.808. The molecule has 0 saturated heterocycles. The van der Waals surface area contributed by atoms with E-state index in [2.05, 4.69) is 20.9 Å². The maximum atomic E-state index is 13.6. The molecule has 0 unspecified atom stereocenters. The molecule has 1 fully saturated rings. The Morgan fingerprint density at radius 2 is 2.19 bits per heavy atom. The van der Waals surface area contributed by atoms with E-state index in [4.69, 9.17) is 4.42 Å². The minimum Gasteiger partial charge on any atom is -0.408 e. The van der Waals surface area contributed by atoms with Gasteiger partial charge in [0, 0.05) is 10.4 Å². The Morgan fingerprint density at radius 1 is 1.44 bits per heavy atom. The molecular weight excluding hydrogens is 277 g/mol. The highest BCUT2D eigenvalue weighted by molar-refractivity contribution is 9.10. The number of rotatable bonds is 1. The molecule has 0 spiro atoms. The predicted octanol–water partition coefficient (Wildman–Crippen LogP) is 2.97. The predicted molar refractivity (Wildman–Crippen MR) is 59.9 cm³/mol. The maximum Gasteiger partial charge on any atom is 0.346 e. The molecule has 1 aromatic carbocycles. The van der Waals surface area contributed by atoms with Crippen LogP contribution in [0.1, 0.15) is 24.7 Å². The van der Waals surface area contributed by atoms with Crippen molar-refractivity contribution >= 4 is 26.8 Å². The fourth-order valence-electron chi connectivity index (χ4n) is 1.62. The summed E-state index contributed by atoms with van der Waals surface area (Å²) in [4.78, 5) is 15.7. The van der Waals surface area contributed by atoms with Crippen molar-refractivity contribution in [2.24, 2.45) is 0 Å². The van der Waals surface area contributed by atoms with Gasteiger partial charge in [-0.15, -0.1) is 0 Å². The Hall–Kier alpha value is -1.23. The summed E-state index contributed by atoms with van der Waals surface area (Å²) in [7, 11) is 0. The number of halogens is 2. The van der Waals surface area contributed by atoms with Gasteiger partial charge in [-0.2, -0.15) is 0 Å². The molecule has 3 rings (SSSR count). The second-order valence-corrected chi connectivity index (χ2v) is 4.81. The number of hydrogen-bond donors (Lipinski definition) is 0. The van der Waals surface area contributed by atoms with Crippen LogP contribution in [0, 0.1) is 5.82 Å². The van der Waals surface area contributed by atoms with Crippen LogP contribution in [0.4, 0.5) is 4.39 Å². The molecule has 1 aliphatic carbocycles. The van der Waals surface area contributed by atoms with Gasteiger partial charge in [0.15, 0.2) is 5.82 Å². The first-order chi connectivity index (χ1) is 7.65. The SMILES string of the molecule is O=c1oc(C2CC2)nc2c(F)cc(Br)cc12. The van der Waals surface area contributed by atoms with Gasteiger partial charge in [-0.1, -0.05) is 15.9 Å². The number of fused-ring (bicyclic) bond motifs is 1. The van der Waals surface area contributed by atoms with Crippen molar-refractivity contribution in [1.29, 1.82) is 0 Å². The summed E-state index contributed by atoms with van der Waals surface area (Å²) in [6.07, 6.45) is 1.92. The van der Waals surface area contributed by atoms with Crippen LogP contribution >= 0.6 is 15.9 Å². The zero-order chi connectivity index (χ0) is 11.3. The Morgan fingerprint density at radius 3 is 2.88 bits per heavy atom. The van der Waals surface area contributed by atoms with Crippen LogP contribution in [0.15, 0.2) is 25.8 Å². The third kappa shape index (κ3) is 1.55. The third-order valence-corrected chi connectivity index (χ3v) is 3.05. The summed E-state index contributed by atoms with van der Waals surface area (Å²) in [5.41, 5.74) is -0.423. The van der Waals surface area contributed by atoms with Gasteiger partial charge >= 0.3 is 5.63 Å². The molecule has 0 N–H and O–H groups in total. The van der Waals surface area contributed by atoms with Crippen molar-refractivity contribution in [1.82, 2.24) is 4.98 Å². The van der Waals surface area contributed by atoms with Crippen LogP contribution in [0.5, 0.6) is 0 Å². The molecule has 0 atom stereocenters. The molecule has 16 heavy (non-hydrogen) atoms. The van der Waals surface area contributed by atoms with Crippen molar-refractivity contribution in [3.63, 3.8) is 0 Å². The average Bonchev–Trinajstić information content (AvgIpc) is 3.02. The first-order valence-corrected chi connectivity index (χ1v) is 5.74. The number of hydrogen-bond acceptors (Lipinski definition) is 3. The van der Waals surface area contributed by atoms with Gasteiger partial charge < -0.3 is 4.42 Å². The molecule has 0 radical (unpaired) electrons. The molecule has 1 heterocycles. The monoisotopic (exact) mass is 283 g/mol. The van der Waals surface area contributed by atoms with E-state index < -0.39 is 11.4 Å². The average molecular weight is 284 g/mol. The molecule has 5 heteroatoms. The molecule has 0 bridgehead atoms. The van der Waals surface area contributed by atoms with Gasteiger partial charge in [-0.25, -0.2) is 14.2 Å². The lowest BCUT2D eigenvalue weighted by atomic mass is 10.2. The fraction of sp³-hybridized carbons (Fsp3) is 0.273. The van der Waals surface area contributed by atoms with E-state index in [1.807, 2.05) is 0 Å². The number of aromatic nitrogens is 1. The lowest BCUT2D eigenvalue weighted by Gasteiger charge is -2.01. The lowest BCUT2D eigenvalue weighted by molar-refractivity contribution is 0.444. The standard InChI is InChI=1S/C11H7BrFNO2/c12-6-3-7-9(8(13)4-6)14-10(5-1-2-5)16-11(7)15/h3-5H,1-2H2. The van der Waals surface area contributed by atoms with Crippen molar-refractivity contribution < 1.29 is 8.81 Å². The Labute approximate surface area is 98.4 Å². The van der Waals surface area contributed by atoms with E-state index >= 15 is 0 Å². The highest BCUT2D eigenvalue weighted by Gasteiger charge is 2.29. The van der Waals surface area contributed by atoms with E-state index in [0.717, 1.165) is 12.8 Å². The van der Waals surface area contributed by atoms with Gasteiger partial charge in [-0.05, 0) is 25.0 Å². The zero-order valence-electron chi connectivity index (χ0n) is 8.17. The van der Waals surface area contributed by atoms with E-state index in [-0.39, 0.29) is 16.8 Å². The summed E-state index contributed by atoms with van der Waals surface area (Å²) in [5, 5.41) is 0.177. The van der Waals surface area contributed by atoms with Gasteiger partial charge in [0.25, 0.3) is 0 Å². The Kier molecular flexibility index (Phi) is 2.10. The number of benzene rings is 1. The summed E-state index contributed by atoms with van der Waals surface area (Å²) < 4.78 is 19.2. The Balaban J connectivity index is 2.37. The molecular formula is C11H7BrFNO2. The highest BCUT2D eigenvalue weighted by Crippen LogP contribution is 2.39. The van der Waals surface area contributed by atoms with E-state index in [9.17, 15) is 9.18 Å². The van der Waals surface area contributed by atoms with Crippen molar-refractivity contribution in [3.8, 4) is 0 Å². The van der Waals surface area contributed by atoms with E-state index in [1.165, 1.54) is 12.1 Å². The van der Waals surface area contributed by atoms with Crippen LogP contribution < -0.4 is 5.63 Å². The van der Waals surface area contributed by atoms with Gasteiger partial charge in [0.05, 0.1) is 5.39 Å². The summed E-state index contributed by atoms with van der Waals surface area (Å²) >= 11 is 3.13. The summed E-state index contributed by atoms with van der Waals surface area (Å²) in [6, 6.07) is 2.82. The van der Waals surface area contributed by atoms with Crippen molar-refractivity contribution in [2.45, 2.75) is 18.8 Å². The fourth-order valence-corrected chi connectivity index (χ4v) is 2.05. The molecule has 2 aromatic rings. The normalized spacial score (nSPS) is 15.6. The van der Waals surface area contributed by atoms with Crippen LogP contribution in [0.2, 0.25) is 0 Å². The molecule has 0 aliphatic heterocycles. The van der Waals surface area contributed by atoms with E-state index in [1.54, 1.807) is 0 Å². The summed E-state index contributed by atoms with van der Waals surface area (Å²) in [5.74, 6) is 0.0537. The first-order valence-electron chi connectivity index (χ1n) is 4.95. The van der Waals surface area contributed by atoms with Crippen molar-refractivity contribution in [3.05, 3.63) is 38.7 Å². The van der Waals surface area contributed by atoms with Crippen LogP contribution in [-0.2, 0) is 0 Å². The van der Waals surface area contributed by atoms with Gasteiger partial charge in [0.1, 0.15) is 5.52 Å².